The number of rotatable bonds is 12. The average molecular weight is 713 g/mol. The number of aryl methyl sites for hydroxylation is 1. The van der Waals surface area contributed by atoms with Gasteiger partial charge >= 0.3 is 12.2 Å². The number of hydrogen-bond donors (Lipinski definition) is 4. The molecular weight excluding hydrogens is 660 g/mol. The molecule has 0 heterocycles. The molecule has 5 N–H and O–H groups in total. The molecule has 11 nitrogen and oxygen atoms in total. The molecule has 2 atom stereocenters. The SMILES string of the molecule is CC(C)(C)OC(=O)N[C@@H](Cc1ccc(NC(=O)OCc2ccccc2)cc1)C(=O)N[C@H]1CCCCc2cc(OCC3CCCCC3)c(C(N)=O)cc21. The van der Waals surface area contributed by atoms with Crippen molar-refractivity contribution in [3.8, 4) is 5.75 Å². The number of nitrogens with one attached hydrogen (secondary N) is 3. The van der Waals surface area contributed by atoms with Crippen molar-refractivity contribution >= 4 is 29.7 Å². The van der Waals surface area contributed by atoms with Gasteiger partial charge in [-0.25, -0.2) is 9.59 Å². The van der Waals surface area contributed by atoms with Gasteiger partial charge in [-0.3, -0.25) is 14.9 Å². The van der Waals surface area contributed by atoms with E-state index in [1.54, 1.807) is 51.1 Å². The van der Waals surface area contributed by atoms with E-state index in [1.165, 1.54) is 19.3 Å². The number of amides is 4. The minimum Gasteiger partial charge on any atom is -0.492 e. The summed E-state index contributed by atoms with van der Waals surface area (Å²) in [4.78, 5) is 52.0. The quantitative estimate of drug-likeness (QED) is 0.142. The summed E-state index contributed by atoms with van der Waals surface area (Å²) in [5.41, 5.74) is 9.37. The first kappa shape index (κ1) is 38.2. The number of primary amides is 1. The van der Waals surface area contributed by atoms with E-state index < -0.39 is 41.7 Å². The van der Waals surface area contributed by atoms with Crippen molar-refractivity contribution in [3.63, 3.8) is 0 Å². The van der Waals surface area contributed by atoms with Crippen LogP contribution in [0.5, 0.6) is 5.75 Å². The van der Waals surface area contributed by atoms with Crippen LogP contribution in [0.1, 0.15) is 111 Å². The molecule has 2 aliphatic carbocycles. The van der Waals surface area contributed by atoms with E-state index in [4.69, 9.17) is 19.9 Å². The molecule has 0 aliphatic heterocycles. The van der Waals surface area contributed by atoms with Crippen molar-refractivity contribution in [3.05, 3.63) is 94.5 Å². The molecule has 0 aromatic heterocycles. The molecule has 0 spiro atoms. The maximum absolute atomic E-state index is 14.0. The predicted molar refractivity (Wildman–Crippen MR) is 199 cm³/mol. The summed E-state index contributed by atoms with van der Waals surface area (Å²) in [5.74, 6) is -0.0180. The smallest absolute Gasteiger partial charge is 0.411 e. The largest absolute Gasteiger partial charge is 0.492 e. The molecule has 0 radical (unpaired) electrons. The first-order valence-electron chi connectivity index (χ1n) is 18.4. The standard InChI is InChI=1S/C41H52N4O7/c1-41(2,3)52-40(49)45-35(22-27-18-20-31(21-19-27)43-39(48)51-26-29-14-8-5-9-15-29)38(47)44-34-17-11-10-16-30-23-36(33(37(42)46)24-32(30)34)50-25-28-12-6-4-7-13-28/h5,8-9,14-15,18-21,23-24,28,34-35H,4,6-7,10-13,16-17,22,25-26H2,1-3H3,(H2,42,46)(H,43,48)(H,44,47)(H,45,49)/t34-,35-/m0/s1. The van der Waals surface area contributed by atoms with Crippen LogP contribution in [0.25, 0.3) is 0 Å². The molecule has 278 valence electrons. The molecule has 11 heteroatoms. The lowest BCUT2D eigenvalue weighted by molar-refractivity contribution is -0.124. The van der Waals surface area contributed by atoms with Crippen molar-refractivity contribution in [2.75, 3.05) is 11.9 Å². The number of alkyl carbamates (subject to hydrolysis) is 1. The van der Waals surface area contributed by atoms with Gasteiger partial charge in [0.15, 0.2) is 0 Å². The van der Waals surface area contributed by atoms with Crippen molar-refractivity contribution in [1.82, 2.24) is 10.6 Å². The molecule has 5 rings (SSSR count). The maximum atomic E-state index is 14.0. The minimum atomic E-state index is -0.982. The number of carbonyl (C=O) groups is 4. The van der Waals surface area contributed by atoms with Crippen LogP contribution < -0.4 is 26.4 Å². The molecule has 1 saturated carbocycles. The molecule has 3 aromatic rings. The topological polar surface area (TPSA) is 158 Å². The summed E-state index contributed by atoms with van der Waals surface area (Å²) in [6, 6.07) is 18.7. The summed E-state index contributed by atoms with van der Waals surface area (Å²) < 4.78 is 17.0. The second kappa shape index (κ2) is 17.9. The molecule has 0 saturated heterocycles. The van der Waals surface area contributed by atoms with Crippen molar-refractivity contribution < 1.29 is 33.4 Å². The predicted octanol–water partition coefficient (Wildman–Crippen LogP) is 7.51. The van der Waals surface area contributed by atoms with E-state index >= 15 is 0 Å². The Hall–Kier alpha value is -5.06. The van der Waals surface area contributed by atoms with Gasteiger partial charge in [-0.05, 0) is 105 Å². The number of ether oxygens (including phenoxy) is 3. The third-order valence-electron chi connectivity index (χ3n) is 9.45. The van der Waals surface area contributed by atoms with Gasteiger partial charge in [0, 0.05) is 12.1 Å². The fourth-order valence-corrected chi connectivity index (χ4v) is 6.79. The van der Waals surface area contributed by atoms with Gasteiger partial charge in [-0.2, -0.15) is 0 Å². The first-order chi connectivity index (χ1) is 24.9. The van der Waals surface area contributed by atoms with Crippen LogP contribution in [0, 0.1) is 5.92 Å². The van der Waals surface area contributed by atoms with E-state index in [9.17, 15) is 19.2 Å². The van der Waals surface area contributed by atoms with Crippen LogP contribution in [0.3, 0.4) is 0 Å². The van der Waals surface area contributed by atoms with Crippen LogP contribution in [-0.4, -0.2) is 42.3 Å². The highest BCUT2D eigenvalue weighted by Gasteiger charge is 2.30. The molecule has 2 aliphatic rings. The summed E-state index contributed by atoms with van der Waals surface area (Å²) >= 11 is 0. The highest BCUT2D eigenvalue weighted by molar-refractivity contribution is 5.96. The van der Waals surface area contributed by atoms with Crippen LogP contribution >= 0.6 is 0 Å². The zero-order valence-corrected chi connectivity index (χ0v) is 30.5. The summed E-state index contributed by atoms with van der Waals surface area (Å²) in [5, 5.41) is 8.63. The lowest BCUT2D eigenvalue weighted by Gasteiger charge is -2.27. The van der Waals surface area contributed by atoms with Gasteiger partial charge in [0.1, 0.15) is 24.0 Å². The highest BCUT2D eigenvalue weighted by Crippen LogP contribution is 2.35. The summed E-state index contributed by atoms with van der Waals surface area (Å²) in [6.45, 7) is 5.95. The lowest BCUT2D eigenvalue weighted by atomic mass is 9.90. The van der Waals surface area contributed by atoms with E-state index in [-0.39, 0.29) is 13.0 Å². The van der Waals surface area contributed by atoms with Crippen LogP contribution in [0.15, 0.2) is 66.7 Å². The van der Waals surface area contributed by atoms with Gasteiger partial charge in [-0.1, -0.05) is 68.1 Å². The monoisotopic (exact) mass is 712 g/mol. The summed E-state index contributed by atoms with van der Waals surface area (Å²) in [6.07, 6.45) is 7.93. The Balaban J connectivity index is 1.29. The van der Waals surface area contributed by atoms with Crippen molar-refractivity contribution in [2.45, 2.75) is 109 Å². The van der Waals surface area contributed by atoms with Crippen LogP contribution in [0.2, 0.25) is 0 Å². The summed E-state index contributed by atoms with van der Waals surface area (Å²) in [7, 11) is 0. The maximum Gasteiger partial charge on any atom is 0.411 e. The Morgan fingerprint density at radius 3 is 2.25 bits per heavy atom. The number of carbonyl (C=O) groups excluding carboxylic acids is 4. The average Bonchev–Trinajstić information content (AvgIpc) is 3.31. The Morgan fingerprint density at radius 1 is 0.846 bits per heavy atom. The number of nitrogens with two attached hydrogens (primary N) is 1. The molecule has 4 amide bonds. The zero-order chi connectivity index (χ0) is 37.1. The highest BCUT2D eigenvalue weighted by atomic mass is 16.6. The molecule has 1 fully saturated rings. The van der Waals surface area contributed by atoms with E-state index in [1.807, 2.05) is 36.4 Å². The van der Waals surface area contributed by atoms with Gasteiger partial charge in [0.05, 0.1) is 18.2 Å². The zero-order valence-electron chi connectivity index (χ0n) is 30.5. The number of anilines is 1. The number of fused-ring (bicyclic) bond motifs is 1. The second-order valence-electron chi connectivity index (χ2n) is 14.8. The lowest BCUT2D eigenvalue weighted by Crippen LogP contribution is -2.50. The van der Waals surface area contributed by atoms with Gasteiger partial charge in [0.2, 0.25) is 5.91 Å². The normalized spacial score (nSPS) is 16.7. The van der Waals surface area contributed by atoms with E-state index in [0.29, 0.717) is 35.9 Å². The third kappa shape index (κ3) is 11.5. The number of benzene rings is 3. The molecule has 52 heavy (non-hydrogen) atoms. The van der Waals surface area contributed by atoms with Crippen molar-refractivity contribution in [2.24, 2.45) is 11.7 Å². The Kier molecular flexibility index (Phi) is 13.2. The van der Waals surface area contributed by atoms with Gasteiger partial charge in [-0.15, -0.1) is 0 Å². The fraction of sp³-hybridized carbons (Fsp3) is 0.463. The van der Waals surface area contributed by atoms with Gasteiger partial charge in [0.25, 0.3) is 5.91 Å². The minimum absolute atomic E-state index is 0.141. The number of hydrogen-bond acceptors (Lipinski definition) is 7. The first-order valence-corrected chi connectivity index (χ1v) is 18.4. The van der Waals surface area contributed by atoms with Gasteiger partial charge < -0.3 is 30.6 Å². The fourth-order valence-electron chi connectivity index (χ4n) is 6.79. The van der Waals surface area contributed by atoms with Crippen molar-refractivity contribution in [1.29, 1.82) is 0 Å². The Morgan fingerprint density at radius 2 is 1.56 bits per heavy atom. The Bertz CT molecular complexity index is 1680. The second-order valence-corrected chi connectivity index (χ2v) is 14.8. The molecule has 0 unspecified atom stereocenters. The van der Waals surface area contributed by atoms with Crippen LogP contribution in [-0.2, 0) is 33.7 Å². The van der Waals surface area contributed by atoms with E-state index in [0.717, 1.165) is 54.4 Å². The Labute approximate surface area is 306 Å². The molecular formula is C41H52N4O7. The van der Waals surface area contributed by atoms with Crippen LogP contribution in [0.4, 0.5) is 15.3 Å². The third-order valence-corrected chi connectivity index (χ3v) is 9.45. The van der Waals surface area contributed by atoms with E-state index in [2.05, 4.69) is 16.0 Å². The molecule has 0 bridgehead atoms. The molecule has 3 aromatic carbocycles.